The highest BCUT2D eigenvalue weighted by Gasteiger charge is 2.29. The molecule has 2 aromatic rings. The number of carbonyl (C=O) groups is 5. The normalized spacial score (nSPS) is 16.3. The molecule has 1 unspecified atom stereocenters. The second-order valence-corrected chi connectivity index (χ2v) is 18.5. The molecule has 1 heterocycles. The van der Waals surface area contributed by atoms with Crippen LogP contribution in [-0.2, 0) is 44.5 Å². The first-order chi connectivity index (χ1) is 31.2. The Labute approximate surface area is 387 Å². The zero-order chi connectivity index (χ0) is 48.9. The topological polar surface area (TPSA) is 144 Å². The van der Waals surface area contributed by atoms with Gasteiger partial charge in [0.1, 0.15) is 0 Å². The zero-order valence-electron chi connectivity index (χ0n) is 39.9. The maximum absolute atomic E-state index is 14.2. The molecular formula is C48H70F4N4O10. The lowest BCUT2D eigenvalue weighted by atomic mass is 10.0. The predicted molar refractivity (Wildman–Crippen MR) is 238 cm³/mol. The summed E-state index contributed by atoms with van der Waals surface area (Å²) in [5.74, 6) is -11.0. The monoisotopic (exact) mass is 939 g/mol. The van der Waals surface area contributed by atoms with E-state index < -0.39 is 52.9 Å². The van der Waals surface area contributed by atoms with Crippen LogP contribution in [0.3, 0.4) is 0 Å². The van der Waals surface area contributed by atoms with E-state index in [9.17, 15) is 41.5 Å². The van der Waals surface area contributed by atoms with Crippen molar-refractivity contribution in [1.82, 2.24) is 19.6 Å². The Morgan fingerprint density at radius 2 is 0.955 bits per heavy atom. The van der Waals surface area contributed by atoms with E-state index in [2.05, 4.69) is 0 Å². The molecule has 0 aromatic heterocycles. The first kappa shape index (κ1) is 55.7. The highest BCUT2D eigenvalue weighted by Crippen LogP contribution is 2.27. The van der Waals surface area contributed by atoms with Crippen LogP contribution >= 0.6 is 0 Å². The predicted octanol–water partition coefficient (Wildman–Crippen LogP) is 6.17. The van der Waals surface area contributed by atoms with Crippen LogP contribution in [0.15, 0.2) is 30.3 Å². The van der Waals surface area contributed by atoms with Gasteiger partial charge in [0.15, 0.2) is 11.6 Å². The molecule has 66 heavy (non-hydrogen) atoms. The van der Waals surface area contributed by atoms with Crippen LogP contribution in [0.2, 0.25) is 0 Å². The van der Waals surface area contributed by atoms with Crippen LogP contribution in [0.25, 0.3) is 0 Å². The number of halogens is 4. The van der Waals surface area contributed by atoms with Gasteiger partial charge in [0.25, 0.3) is 0 Å². The fourth-order valence-corrected chi connectivity index (χ4v) is 6.76. The molecule has 0 aliphatic carbocycles. The summed E-state index contributed by atoms with van der Waals surface area (Å²) in [6.45, 7) is 18.9. The van der Waals surface area contributed by atoms with Crippen molar-refractivity contribution < 1.29 is 65.2 Å². The van der Waals surface area contributed by atoms with Crippen molar-refractivity contribution in [2.45, 2.75) is 80.7 Å². The van der Waals surface area contributed by atoms with E-state index in [1.165, 1.54) is 12.1 Å². The van der Waals surface area contributed by atoms with E-state index >= 15 is 0 Å². The number of nitrogens with zero attached hydrogens (tertiary/aromatic N) is 4. The van der Waals surface area contributed by atoms with Gasteiger partial charge in [0, 0.05) is 57.9 Å². The van der Waals surface area contributed by atoms with Gasteiger partial charge in [-0.15, -0.1) is 0 Å². The van der Waals surface area contributed by atoms with Crippen LogP contribution in [0.4, 0.5) is 17.6 Å². The molecule has 1 aliphatic rings. The van der Waals surface area contributed by atoms with Gasteiger partial charge in [0.05, 0.1) is 58.2 Å². The smallest absolute Gasteiger partial charge is 0.343 e. The minimum atomic E-state index is -1.84. The van der Waals surface area contributed by atoms with Crippen molar-refractivity contribution in [3.63, 3.8) is 0 Å². The third-order valence-corrected chi connectivity index (χ3v) is 10.3. The van der Waals surface area contributed by atoms with Gasteiger partial charge in [-0.05, 0) is 60.6 Å². The Morgan fingerprint density at radius 3 is 1.39 bits per heavy atom. The number of benzene rings is 2. The van der Waals surface area contributed by atoms with Crippen molar-refractivity contribution >= 4 is 29.8 Å². The average molecular weight is 939 g/mol. The summed E-state index contributed by atoms with van der Waals surface area (Å²) in [5.41, 5.74) is 0.657. The van der Waals surface area contributed by atoms with Crippen LogP contribution in [-0.4, -0.2) is 154 Å². The van der Waals surface area contributed by atoms with Crippen molar-refractivity contribution in [1.29, 1.82) is 0 Å². The van der Waals surface area contributed by atoms with Crippen molar-refractivity contribution in [2.75, 3.05) is 98.4 Å². The third-order valence-electron chi connectivity index (χ3n) is 10.3. The number of ether oxygens (including phenoxy) is 5. The second kappa shape index (κ2) is 28.5. The molecule has 370 valence electrons. The van der Waals surface area contributed by atoms with E-state index in [0.717, 1.165) is 5.56 Å². The summed E-state index contributed by atoms with van der Waals surface area (Å²) >= 11 is 0. The molecule has 0 amide bonds. The highest BCUT2D eigenvalue weighted by molar-refractivity contribution is 5.91. The number of hydrogen-bond acceptors (Lipinski definition) is 14. The molecule has 18 heteroatoms. The van der Waals surface area contributed by atoms with E-state index in [4.69, 9.17) is 23.7 Å². The van der Waals surface area contributed by atoms with Gasteiger partial charge < -0.3 is 23.7 Å². The molecule has 1 aliphatic heterocycles. The molecule has 0 saturated carbocycles. The van der Waals surface area contributed by atoms with Crippen molar-refractivity contribution in [3.8, 4) is 5.75 Å². The standard InChI is InChI=1S/C48H70F4N4O10/c1-32(2)28-62-41(57)24-53-16-17-54(25-42(58)63-29-33(3)4)20-21-56(27-44(60)65-31-35(7)8)38(23-55(19-18-53)26-43(59)64-30-34(5)6)11-9-10-36-12-14-37(15-13-36)48(61)66-47-45(51)39(49)22-40(50)46(47)52/h12-15,22,32-35,38H,9-11,16-21,23-31H2,1-8H3. The Balaban J connectivity index is 1.95. The van der Waals surface area contributed by atoms with Gasteiger partial charge in [-0.3, -0.25) is 38.8 Å². The van der Waals surface area contributed by atoms with Crippen LogP contribution < -0.4 is 4.74 Å². The molecule has 2 aromatic carbocycles. The first-order valence-corrected chi connectivity index (χ1v) is 22.9. The van der Waals surface area contributed by atoms with Gasteiger partial charge in [-0.1, -0.05) is 67.5 Å². The zero-order valence-corrected chi connectivity index (χ0v) is 39.9. The van der Waals surface area contributed by atoms with Gasteiger partial charge >= 0.3 is 29.8 Å². The summed E-state index contributed by atoms with van der Waals surface area (Å²) in [4.78, 5) is 73.5. The number of rotatable bonds is 22. The third kappa shape index (κ3) is 20.9. The Morgan fingerprint density at radius 1 is 0.561 bits per heavy atom. The quantitative estimate of drug-likeness (QED) is 0.0436. The fraction of sp³-hybridized carbons (Fsp3) is 0.646. The summed E-state index contributed by atoms with van der Waals surface area (Å²) < 4.78 is 82.9. The maximum Gasteiger partial charge on any atom is 0.343 e. The molecule has 0 N–H and O–H groups in total. The van der Waals surface area contributed by atoms with Crippen LogP contribution in [0, 0.1) is 46.9 Å². The van der Waals surface area contributed by atoms with E-state index in [0.29, 0.717) is 65.1 Å². The average Bonchev–Trinajstić information content (AvgIpc) is 3.25. The molecule has 0 radical (unpaired) electrons. The summed E-state index contributed by atoms with van der Waals surface area (Å²) in [7, 11) is 0. The molecule has 0 spiro atoms. The number of carbonyl (C=O) groups excluding carboxylic acids is 5. The highest BCUT2D eigenvalue weighted by atomic mass is 19.2. The van der Waals surface area contributed by atoms with Crippen LogP contribution in [0.5, 0.6) is 5.75 Å². The molecule has 14 nitrogen and oxygen atoms in total. The van der Waals surface area contributed by atoms with Crippen LogP contribution in [0.1, 0.15) is 84.2 Å². The van der Waals surface area contributed by atoms with Crippen molar-refractivity contribution in [2.24, 2.45) is 23.7 Å². The number of hydrogen-bond donors (Lipinski definition) is 0. The number of aryl methyl sites for hydroxylation is 1. The number of esters is 5. The van der Waals surface area contributed by atoms with Gasteiger partial charge in [-0.25, -0.2) is 13.6 Å². The molecule has 0 bridgehead atoms. The molecule has 1 fully saturated rings. The summed E-state index contributed by atoms with van der Waals surface area (Å²) in [5, 5.41) is 0. The summed E-state index contributed by atoms with van der Waals surface area (Å²) in [6.07, 6.45) is 1.53. The largest absolute Gasteiger partial charge is 0.464 e. The lowest BCUT2D eigenvalue weighted by molar-refractivity contribution is -0.149. The molecule has 1 saturated heterocycles. The first-order valence-electron chi connectivity index (χ1n) is 22.9. The van der Waals surface area contributed by atoms with E-state index in [1.807, 2.05) is 75.0 Å². The minimum absolute atomic E-state index is 0.00508. The Bertz CT molecular complexity index is 1840. The lowest BCUT2D eigenvalue weighted by Crippen LogP contribution is -2.53. The van der Waals surface area contributed by atoms with Crippen molar-refractivity contribution in [3.05, 3.63) is 64.7 Å². The Hall–Kier alpha value is -4.65. The SMILES string of the molecule is CC(C)COC(=O)CN1CCN(CC(=O)OCC(C)C)CCN(CC(=O)OCC(C)C)C(CCCc2ccc(C(=O)Oc3c(F)c(F)cc(F)c3F)cc2)CN(CC(=O)OCC(C)C)CC1. The molecule has 3 rings (SSSR count). The van der Waals surface area contributed by atoms with E-state index in [-0.39, 0.29) is 99.9 Å². The Kier molecular flexibility index (Phi) is 24.1. The second-order valence-electron chi connectivity index (χ2n) is 18.5. The lowest BCUT2D eigenvalue weighted by Gasteiger charge is -2.38. The maximum atomic E-state index is 14.2. The van der Waals surface area contributed by atoms with E-state index in [1.54, 1.807) is 12.1 Å². The molecular weight excluding hydrogens is 869 g/mol. The fourth-order valence-electron chi connectivity index (χ4n) is 6.76. The summed E-state index contributed by atoms with van der Waals surface area (Å²) in [6, 6.07) is 5.63. The molecule has 1 atom stereocenters. The van der Waals surface area contributed by atoms with Gasteiger partial charge in [0.2, 0.25) is 17.4 Å². The van der Waals surface area contributed by atoms with Gasteiger partial charge in [-0.2, -0.15) is 8.78 Å². The minimum Gasteiger partial charge on any atom is -0.464 e.